The van der Waals surface area contributed by atoms with Crippen LogP contribution in [-0.4, -0.2) is 27.1 Å². The van der Waals surface area contributed by atoms with E-state index >= 15 is 0 Å². The lowest BCUT2D eigenvalue weighted by Gasteiger charge is -2.15. The summed E-state index contributed by atoms with van der Waals surface area (Å²) in [7, 11) is 0. The van der Waals surface area contributed by atoms with Gasteiger partial charge < -0.3 is 10.4 Å². The summed E-state index contributed by atoms with van der Waals surface area (Å²) in [5.41, 5.74) is -0.0361. The summed E-state index contributed by atoms with van der Waals surface area (Å²) >= 11 is 0. The Balaban J connectivity index is 2.56. The van der Waals surface area contributed by atoms with Gasteiger partial charge in [0.1, 0.15) is 5.82 Å². The third-order valence-corrected chi connectivity index (χ3v) is 2.42. The molecule has 0 aliphatic heterocycles. The fourth-order valence-electron chi connectivity index (χ4n) is 1.45. The van der Waals surface area contributed by atoms with Crippen molar-refractivity contribution in [1.82, 2.24) is 9.97 Å². The zero-order chi connectivity index (χ0) is 12.8. The number of anilines is 1. The van der Waals surface area contributed by atoms with Gasteiger partial charge in [-0.25, -0.2) is 9.78 Å². The van der Waals surface area contributed by atoms with Crippen molar-refractivity contribution < 1.29 is 9.90 Å². The Morgan fingerprint density at radius 2 is 2.06 bits per heavy atom. The normalized spacial score (nSPS) is 12.5. The average molecular weight is 237 g/mol. The summed E-state index contributed by atoms with van der Waals surface area (Å²) in [4.78, 5) is 18.5. The quantitative estimate of drug-likeness (QED) is 0.794. The molecule has 2 N–H and O–H groups in total. The van der Waals surface area contributed by atoms with E-state index in [1.165, 1.54) is 12.4 Å². The molecule has 0 saturated carbocycles. The van der Waals surface area contributed by atoms with E-state index in [0.717, 1.165) is 12.8 Å². The van der Waals surface area contributed by atoms with Gasteiger partial charge >= 0.3 is 5.97 Å². The highest BCUT2D eigenvalue weighted by molar-refractivity contribution is 5.85. The molecule has 5 nitrogen and oxygen atoms in total. The summed E-state index contributed by atoms with van der Waals surface area (Å²) in [6, 6.07) is 0.260. The van der Waals surface area contributed by atoms with Crippen LogP contribution in [0, 0.1) is 5.92 Å². The number of carboxylic acids is 1. The average Bonchev–Trinajstić information content (AvgIpc) is 2.26. The molecule has 0 aromatic carbocycles. The zero-order valence-electron chi connectivity index (χ0n) is 10.5. The maximum atomic E-state index is 10.7. The molecule has 1 heterocycles. The summed E-state index contributed by atoms with van der Waals surface area (Å²) in [6.45, 7) is 6.41. The molecule has 0 amide bonds. The van der Waals surface area contributed by atoms with E-state index in [0.29, 0.717) is 11.7 Å². The van der Waals surface area contributed by atoms with Crippen LogP contribution < -0.4 is 5.32 Å². The third-order valence-electron chi connectivity index (χ3n) is 2.42. The van der Waals surface area contributed by atoms with E-state index in [2.05, 4.69) is 36.1 Å². The summed E-state index contributed by atoms with van der Waals surface area (Å²) in [5.74, 6) is 0.118. The van der Waals surface area contributed by atoms with Gasteiger partial charge in [-0.1, -0.05) is 13.8 Å². The number of rotatable bonds is 6. The Kier molecular flexibility index (Phi) is 4.87. The number of hydrogen-bond acceptors (Lipinski definition) is 4. The highest BCUT2D eigenvalue weighted by Crippen LogP contribution is 2.11. The van der Waals surface area contributed by atoms with Crippen molar-refractivity contribution in [2.24, 2.45) is 5.92 Å². The van der Waals surface area contributed by atoms with E-state index in [-0.39, 0.29) is 11.7 Å². The van der Waals surface area contributed by atoms with Crippen molar-refractivity contribution in [3.8, 4) is 0 Å². The number of nitrogens with zero attached hydrogens (tertiary/aromatic N) is 2. The second kappa shape index (κ2) is 6.18. The van der Waals surface area contributed by atoms with E-state index in [1.54, 1.807) is 0 Å². The van der Waals surface area contributed by atoms with Gasteiger partial charge in [0, 0.05) is 6.04 Å². The van der Waals surface area contributed by atoms with Gasteiger partial charge in [0.05, 0.1) is 12.4 Å². The molecule has 0 bridgehead atoms. The van der Waals surface area contributed by atoms with Gasteiger partial charge in [-0.2, -0.15) is 0 Å². The van der Waals surface area contributed by atoms with Crippen molar-refractivity contribution in [1.29, 1.82) is 0 Å². The monoisotopic (exact) mass is 237 g/mol. The Hall–Kier alpha value is -1.65. The number of hydrogen-bond donors (Lipinski definition) is 2. The predicted octanol–water partition coefficient (Wildman–Crippen LogP) is 2.41. The highest BCUT2D eigenvalue weighted by atomic mass is 16.4. The van der Waals surface area contributed by atoms with Gasteiger partial charge in [-0.15, -0.1) is 0 Å². The molecule has 1 aromatic heterocycles. The van der Waals surface area contributed by atoms with Crippen LogP contribution in [0.25, 0.3) is 0 Å². The molecule has 0 radical (unpaired) electrons. The van der Waals surface area contributed by atoms with Crippen molar-refractivity contribution in [3.05, 3.63) is 18.1 Å². The molecule has 0 aliphatic carbocycles. The standard InChI is InChI=1S/C12H19N3O2/c1-8(2)4-5-9(3)14-11-7-13-6-10(15-11)12(16)17/h6-9H,4-5H2,1-3H3,(H,14,15)(H,16,17). The minimum atomic E-state index is -1.06. The first-order valence-electron chi connectivity index (χ1n) is 5.81. The van der Waals surface area contributed by atoms with Crippen LogP contribution in [0.3, 0.4) is 0 Å². The molecule has 0 aliphatic rings. The van der Waals surface area contributed by atoms with Crippen LogP contribution in [0.2, 0.25) is 0 Å². The molecule has 1 atom stereocenters. The number of aromatic nitrogens is 2. The van der Waals surface area contributed by atoms with Crippen molar-refractivity contribution >= 4 is 11.8 Å². The molecular formula is C12H19N3O2. The topological polar surface area (TPSA) is 75.1 Å². The molecule has 5 heteroatoms. The number of carbonyl (C=O) groups is 1. The Bertz CT molecular complexity index is 380. The maximum absolute atomic E-state index is 10.7. The molecule has 1 rings (SSSR count). The van der Waals surface area contributed by atoms with Crippen molar-refractivity contribution in [3.63, 3.8) is 0 Å². The van der Waals surface area contributed by atoms with E-state index in [9.17, 15) is 4.79 Å². The molecular weight excluding hydrogens is 218 g/mol. The fraction of sp³-hybridized carbons (Fsp3) is 0.583. The highest BCUT2D eigenvalue weighted by Gasteiger charge is 2.08. The van der Waals surface area contributed by atoms with Crippen LogP contribution in [0.1, 0.15) is 44.1 Å². The van der Waals surface area contributed by atoms with Gasteiger partial charge in [-0.3, -0.25) is 4.98 Å². The molecule has 0 saturated heterocycles. The molecule has 1 unspecified atom stereocenters. The van der Waals surface area contributed by atoms with Crippen molar-refractivity contribution in [2.75, 3.05) is 5.32 Å². The Morgan fingerprint density at radius 3 is 2.65 bits per heavy atom. The minimum absolute atomic E-state index is 0.0361. The SMILES string of the molecule is CC(C)CCC(C)Nc1cncc(C(=O)O)n1. The number of nitrogens with one attached hydrogen (secondary N) is 1. The van der Waals surface area contributed by atoms with Crippen LogP contribution in [0.15, 0.2) is 12.4 Å². The van der Waals surface area contributed by atoms with Gasteiger partial charge in [0.2, 0.25) is 0 Å². The lowest BCUT2D eigenvalue weighted by molar-refractivity contribution is 0.0690. The molecule has 0 fully saturated rings. The summed E-state index contributed by atoms with van der Waals surface area (Å²) < 4.78 is 0. The smallest absolute Gasteiger partial charge is 0.356 e. The molecule has 1 aromatic rings. The van der Waals surface area contributed by atoms with Crippen molar-refractivity contribution in [2.45, 2.75) is 39.7 Å². The summed E-state index contributed by atoms with van der Waals surface area (Å²) in [5, 5.41) is 11.9. The zero-order valence-corrected chi connectivity index (χ0v) is 10.5. The van der Waals surface area contributed by atoms with E-state index in [4.69, 9.17) is 5.11 Å². The van der Waals surface area contributed by atoms with Gasteiger partial charge in [0.25, 0.3) is 0 Å². The van der Waals surface area contributed by atoms with Crippen LogP contribution in [0.5, 0.6) is 0 Å². The Labute approximate surface area is 101 Å². The molecule has 0 spiro atoms. The van der Waals surface area contributed by atoms with Crippen LogP contribution >= 0.6 is 0 Å². The van der Waals surface area contributed by atoms with E-state index in [1.807, 2.05) is 0 Å². The van der Waals surface area contributed by atoms with Crippen LogP contribution in [0.4, 0.5) is 5.82 Å². The number of aromatic carboxylic acids is 1. The van der Waals surface area contributed by atoms with Crippen LogP contribution in [-0.2, 0) is 0 Å². The molecule has 94 valence electrons. The van der Waals surface area contributed by atoms with Gasteiger partial charge in [0.15, 0.2) is 5.69 Å². The summed E-state index contributed by atoms with van der Waals surface area (Å²) in [6.07, 6.45) is 4.93. The predicted molar refractivity (Wildman–Crippen MR) is 66.1 cm³/mol. The first-order chi connectivity index (χ1) is 7.99. The first kappa shape index (κ1) is 13.4. The lowest BCUT2D eigenvalue weighted by Crippen LogP contribution is -2.17. The van der Waals surface area contributed by atoms with E-state index < -0.39 is 5.97 Å². The fourth-order valence-corrected chi connectivity index (χ4v) is 1.45. The number of carboxylic acid groups (broad SMARTS) is 1. The first-order valence-corrected chi connectivity index (χ1v) is 5.81. The Morgan fingerprint density at radius 1 is 1.35 bits per heavy atom. The third kappa shape index (κ3) is 4.80. The minimum Gasteiger partial charge on any atom is -0.476 e. The lowest BCUT2D eigenvalue weighted by atomic mass is 10.0. The second-order valence-corrected chi connectivity index (χ2v) is 4.61. The largest absolute Gasteiger partial charge is 0.476 e. The molecule has 17 heavy (non-hydrogen) atoms. The van der Waals surface area contributed by atoms with Gasteiger partial charge in [-0.05, 0) is 25.7 Å². The maximum Gasteiger partial charge on any atom is 0.356 e. The second-order valence-electron chi connectivity index (χ2n) is 4.61.